The predicted octanol–water partition coefficient (Wildman–Crippen LogP) is 2.64. The van der Waals surface area contributed by atoms with Gasteiger partial charge in [-0.2, -0.15) is 0 Å². The molecule has 0 amide bonds. The number of rotatable bonds is 2. The fraction of sp³-hybridized carbons (Fsp3) is 0.474. The Morgan fingerprint density at radius 2 is 2.00 bits per heavy atom. The fourth-order valence-corrected chi connectivity index (χ4v) is 3.95. The molecule has 0 aromatic heterocycles. The first kappa shape index (κ1) is 15.5. The molecule has 24 heavy (non-hydrogen) atoms. The molecule has 3 heterocycles. The summed E-state index contributed by atoms with van der Waals surface area (Å²) < 4.78 is 17.5. The summed E-state index contributed by atoms with van der Waals surface area (Å²) >= 11 is 0. The van der Waals surface area contributed by atoms with Crippen LogP contribution in [-0.4, -0.2) is 43.9 Å². The van der Waals surface area contributed by atoms with Crippen molar-refractivity contribution in [1.82, 2.24) is 4.90 Å². The molecule has 1 aromatic rings. The van der Waals surface area contributed by atoms with E-state index >= 15 is 0 Å². The maximum atomic E-state index is 10.1. The van der Waals surface area contributed by atoms with E-state index in [-0.39, 0.29) is 12.1 Å². The van der Waals surface area contributed by atoms with E-state index in [1.165, 1.54) is 11.1 Å². The average molecular weight is 329 g/mol. The fourth-order valence-electron chi connectivity index (χ4n) is 3.95. The van der Waals surface area contributed by atoms with Gasteiger partial charge in [-0.1, -0.05) is 0 Å². The zero-order valence-corrected chi connectivity index (χ0v) is 14.3. The van der Waals surface area contributed by atoms with Gasteiger partial charge in [0.25, 0.3) is 0 Å². The zero-order chi connectivity index (χ0) is 16.8. The third-order valence-electron chi connectivity index (χ3n) is 5.15. The standard InChI is InChI=1S/C19H23NO4/c1-20-9-8-11-10-15(22-2)19(23-3)17-13-6-4-12(21)5-7-14(24-13)18(20)16(11)17/h6-7,10,12,18,21H,4-5,8-9H2,1-3H3/b13-6-,14-7-/t12-,18+/m0/s1. The molecule has 4 rings (SSSR count). The first-order valence-corrected chi connectivity index (χ1v) is 8.38. The number of hydrogen-bond acceptors (Lipinski definition) is 5. The first-order chi connectivity index (χ1) is 11.6. The monoisotopic (exact) mass is 329 g/mol. The summed E-state index contributed by atoms with van der Waals surface area (Å²) in [5, 5.41) is 10.1. The first-order valence-electron chi connectivity index (χ1n) is 8.38. The number of fused-ring (bicyclic) bond motifs is 4. The highest BCUT2D eigenvalue weighted by atomic mass is 16.5. The second-order valence-electron chi connectivity index (χ2n) is 6.60. The number of aliphatic hydroxyl groups is 1. The Kier molecular flexibility index (Phi) is 3.77. The second kappa shape index (κ2) is 5.83. The molecule has 1 N–H and O–H groups in total. The van der Waals surface area contributed by atoms with Crippen molar-refractivity contribution in [1.29, 1.82) is 0 Å². The summed E-state index contributed by atoms with van der Waals surface area (Å²) in [6.07, 6.45) is 5.77. The summed E-state index contributed by atoms with van der Waals surface area (Å²) in [6.45, 7) is 0.953. The van der Waals surface area contributed by atoms with Crippen LogP contribution in [0.4, 0.5) is 0 Å². The Balaban J connectivity index is 2.03. The minimum absolute atomic E-state index is 0.0611. The lowest BCUT2D eigenvalue weighted by Gasteiger charge is -2.42. The van der Waals surface area contributed by atoms with Crippen LogP contribution in [0.1, 0.15) is 35.6 Å². The average Bonchev–Trinajstić information content (AvgIpc) is 2.59. The van der Waals surface area contributed by atoms with Crippen LogP contribution in [0.3, 0.4) is 0 Å². The van der Waals surface area contributed by atoms with Crippen molar-refractivity contribution in [3.63, 3.8) is 0 Å². The second-order valence-corrected chi connectivity index (χ2v) is 6.60. The van der Waals surface area contributed by atoms with Gasteiger partial charge in [-0.3, -0.25) is 4.90 Å². The minimum Gasteiger partial charge on any atom is -0.493 e. The van der Waals surface area contributed by atoms with Crippen LogP contribution < -0.4 is 9.47 Å². The van der Waals surface area contributed by atoms with Crippen molar-refractivity contribution in [3.8, 4) is 11.5 Å². The van der Waals surface area contributed by atoms with Crippen LogP contribution in [0.2, 0.25) is 0 Å². The molecule has 5 heteroatoms. The summed E-state index contributed by atoms with van der Waals surface area (Å²) in [5.74, 6) is 3.10. The smallest absolute Gasteiger partial charge is 0.172 e. The van der Waals surface area contributed by atoms with Gasteiger partial charge in [0.2, 0.25) is 0 Å². The predicted molar refractivity (Wildman–Crippen MR) is 91.0 cm³/mol. The number of ether oxygens (including phenoxy) is 3. The van der Waals surface area contributed by atoms with E-state index in [0.717, 1.165) is 35.8 Å². The molecule has 0 fully saturated rings. The Bertz CT molecular complexity index is 737. The summed E-state index contributed by atoms with van der Waals surface area (Å²) in [5.41, 5.74) is 3.50. The van der Waals surface area contributed by atoms with Gasteiger partial charge in [-0.15, -0.1) is 0 Å². The molecule has 2 bridgehead atoms. The zero-order valence-electron chi connectivity index (χ0n) is 14.3. The van der Waals surface area contributed by atoms with E-state index < -0.39 is 0 Å². The molecule has 0 saturated carbocycles. The van der Waals surface area contributed by atoms with E-state index in [9.17, 15) is 5.11 Å². The van der Waals surface area contributed by atoms with E-state index in [1.54, 1.807) is 14.2 Å². The summed E-state index contributed by atoms with van der Waals surface area (Å²) in [7, 11) is 5.43. The number of likely N-dealkylation sites (N-methyl/N-ethyl adjacent to an activating group) is 1. The van der Waals surface area contributed by atoms with Crippen LogP contribution in [0, 0.1) is 0 Å². The number of benzene rings is 1. The molecule has 3 aliphatic heterocycles. The molecule has 0 spiro atoms. The molecular weight excluding hydrogens is 306 g/mol. The lowest BCUT2D eigenvalue weighted by molar-refractivity contribution is 0.159. The molecule has 0 saturated heterocycles. The third kappa shape index (κ3) is 2.23. The van der Waals surface area contributed by atoms with Gasteiger partial charge in [0, 0.05) is 6.54 Å². The van der Waals surface area contributed by atoms with Crippen LogP contribution in [0.5, 0.6) is 11.5 Å². The van der Waals surface area contributed by atoms with Gasteiger partial charge in [-0.05, 0) is 55.7 Å². The molecular formula is C19H23NO4. The van der Waals surface area contributed by atoms with Crippen LogP contribution >= 0.6 is 0 Å². The van der Waals surface area contributed by atoms with Crippen LogP contribution in [-0.2, 0) is 11.2 Å². The van der Waals surface area contributed by atoms with Crippen LogP contribution in [0.25, 0.3) is 5.76 Å². The molecule has 128 valence electrons. The van der Waals surface area contributed by atoms with Crippen molar-refractivity contribution in [2.75, 3.05) is 27.8 Å². The normalized spacial score (nSPS) is 29.8. The van der Waals surface area contributed by atoms with Gasteiger partial charge in [0.15, 0.2) is 11.5 Å². The Morgan fingerprint density at radius 3 is 2.75 bits per heavy atom. The largest absolute Gasteiger partial charge is 0.493 e. The number of hydrogen-bond donors (Lipinski definition) is 1. The van der Waals surface area contributed by atoms with E-state index in [4.69, 9.17) is 14.2 Å². The highest BCUT2D eigenvalue weighted by molar-refractivity contribution is 5.77. The van der Waals surface area contributed by atoms with Gasteiger partial charge in [-0.25, -0.2) is 0 Å². The Hall–Kier alpha value is -1.98. The summed E-state index contributed by atoms with van der Waals surface area (Å²) in [4.78, 5) is 2.30. The lowest BCUT2D eigenvalue weighted by atomic mass is 9.83. The lowest BCUT2D eigenvalue weighted by Crippen LogP contribution is -2.37. The van der Waals surface area contributed by atoms with Crippen molar-refractivity contribution in [2.24, 2.45) is 0 Å². The molecule has 0 unspecified atom stereocenters. The number of aliphatic hydroxyl groups excluding tert-OH is 1. The van der Waals surface area contributed by atoms with Gasteiger partial charge in [0.1, 0.15) is 11.5 Å². The van der Waals surface area contributed by atoms with Crippen molar-refractivity contribution in [3.05, 3.63) is 40.7 Å². The molecule has 5 nitrogen and oxygen atoms in total. The molecule has 2 atom stereocenters. The molecule has 0 aliphatic carbocycles. The highest BCUT2D eigenvalue weighted by Gasteiger charge is 2.40. The molecule has 1 aromatic carbocycles. The van der Waals surface area contributed by atoms with E-state index in [0.29, 0.717) is 18.6 Å². The van der Waals surface area contributed by atoms with Gasteiger partial charge in [0.05, 0.1) is 31.9 Å². The quantitative estimate of drug-likeness (QED) is 0.904. The Morgan fingerprint density at radius 1 is 1.21 bits per heavy atom. The van der Waals surface area contributed by atoms with Gasteiger partial charge >= 0.3 is 0 Å². The molecule has 0 radical (unpaired) electrons. The van der Waals surface area contributed by atoms with Crippen molar-refractivity contribution < 1.29 is 19.3 Å². The van der Waals surface area contributed by atoms with E-state index in [2.05, 4.69) is 18.0 Å². The highest BCUT2D eigenvalue weighted by Crippen LogP contribution is 2.52. The minimum atomic E-state index is -0.384. The van der Waals surface area contributed by atoms with Crippen LogP contribution in [0.15, 0.2) is 24.0 Å². The summed E-state index contributed by atoms with van der Waals surface area (Å²) in [6, 6.07) is 2.16. The topological polar surface area (TPSA) is 51.2 Å². The molecule has 3 aliphatic rings. The van der Waals surface area contributed by atoms with Gasteiger partial charge < -0.3 is 19.3 Å². The van der Waals surface area contributed by atoms with Crippen molar-refractivity contribution >= 4 is 5.76 Å². The number of methoxy groups -OCH3 is 2. The Labute approximate surface area is 142 Å². The maximum Gasteiger partial charge on any atom is 0.172 e. The van der Waals surface area contributed by atoms with Crippen molar-refractivity contribution in [2.45, 2.75) is 31.4 Å². The van der Waals surface area contributed by atoms with E-state index in [1.807, 2.05) is 12.2 Å². The third-order valence-corrected chi connectivity index (χ3v) is 5.15. The maximum absolute atomic E-state index is 10.1. The number of nitrogens with zero attached hydrogens (tertiary/aromatic N) is 1. The SMILES string of the molecule is COc1cc2c3c(c1OC)/C1=C/C[C@H](O)C/C=C(\O1)[C@H]3N(C)CC2.